The molecule has 3 rings (SSSR count). The highest BCUT2D eigenvalue weighted by atomic mass is 79.9. The summed E-state index contributed by atoms with van der Waals surface area (Å²) in [4.78, 5) is 24.4. The van der Waals surface area contributed by atoms with Crippen molar-refractivity contribution < 1.29 is 19.1 Å². The standard InChI is InChI=1S/C24H22BrN3O4/c1-16-7-3-6-10-20(16)26-15-23(29)28-27-14-17-11-12-21(22(13-17)31-2)32-24(30)18-8-4-5-9-19(18)25/h3-14,26H,15H2,1-2H3,(H,28,29). The minimum Gasteiger partial charge on any atom is -0.493 e. The van der Waals surface area contributed by atoms with Gasteiger partial charge in [-0.15, -0.1) is 0 Å². The van der Waals surface area contributed by atoms with Gasteiger partial charge in [0.05, 0.1) is 25.4 Å². The second kappa shape index (κ2) is 11.1. The molecule has 3 aromatic rings. The van der Waals surface area contributed by atoms with Gasteiger partial charge < -0.3 is 14.8 Å². The summed E-state index contributed by atoms with van der Waals surface area (Å²) in [7, 11) is 1.48. The second-order valence-corrected chi connectivity index (χ2v) is 7.60. The van der Waals surface area contributed by atoms with E-state index in [4.69, 9.17) is 9.47 Å². The van der Waals surface area contributed by atoms with Crippen molar-refractivity contribution in [2.75, 3.05) is 19.0 Å². The molecule has 164 valence electrons. The van der Waals surface area contributed by atoms with E-state index in [0.29, 0.717) is 21.3 Å². The van der Waals surface area contributed by atoms with E-state index in [0.717, 1.165) is 11.3 Å². The Hall–Kier alpha value is -3.65. The van der Waals surface area contributed by atoms with Crippen molar-refractivity contribution >= 4 is 39.7 Å². The Kier molecular flexibility index (Phi) is 7.99. The Morgan fingerprint density at radius 1 is 1.03 bits per heavy atom. The fraction of sp³-hybridized carbons (Fsp3) is 0.125. The molecule has 0 radical (unpaired) electrons. The van der Waals surface area contributed by atoms with E-state index in [1.165, 1.54) is 13.3 Å². The topological polar surface area (TPSA) is 89.0 Å². The highest BCUT2D eigenvalue weighted by Gasteiger charge is 2.15. The van der Waals surface area contributed by atoms with Crippen molar-refractivity contribution in [2.24, 2.45) is 5.10 Å². The molecule has 0 saturated carbocycles. The Balaban J connectivity index is 1.58. The van der Waals surface area contributed by atoms with Gasteiger partial charge in [0.15, 0.2) is 11.5 Å². The molecule has 0 atom stereocenters. The molecule has 0 bridgehead atoms. The number of para-hydroxylation sites is 1. The van der Waals surface area contributed by atoms with Crippen LogP contribution in [0.4, 0.5) is 5.69 Å². The maximum Gasteiger partial charge on any atom is 0.344 e. The van der Waals surface area contributed by atoms with Gasteiger partial charge in [-0.25, -0.2) is 10.2 Å². The third kappa shape index (κ3) is 6.18. The van der Waals surface area contributed by atoms with Gasteiger partial charge in [0.2, 0.25) is 0 Å². The van der Waals surface area contributed by atoms with Crippen LogP contribution < -0.4 is 20.2 Å². The second-order valence-electron chi connectivity index (χ2n) is 6.74. The molecule has 0 spiro atoms. The molecular weight excluding hydrogens is 474 g/mol. The molecule has 0 aromatic heterocycles. The highest BCUT2D eigenvalue weighted by molar-refractivity contribution is 9.10. The molecule has 7 nitrogen and oxygen atoms in total. The lowest BCUT2D eigenvalue weighted by atomic mass is 10.2. The van der Waals surface area contributed by atoms with Crippen LogP contribution in [0.2, 0.25) is 0 Å². The molecule has 0 heterocycles. The monoisotopic (exact) mass is 495 g/mol. The van der Waals surface area contributed by atoms with Gasteiger partial charge in [-0.1, -0.05) is 30.3 Å². The molecule has 0 aliphatic rings. The van der Waals surface area contributed by atoms with Gasteiger partial charge in [0.25, 0.3) is 5.91 Å². The van der Waals surface area contributed by atoms with Gasteiger partial charge in [0.1, 0.15) is 0 Å². The largest absolute Gasteiger partial charge is 0.493 e. The lowest BCUT2D eigenvalue weighted by Crippen LogP contribution is -2.26. The van der Waals surface area contributed by atoms with Gasteiger partial charge in [-0.3, -0.25) is 4.79 Å². The maximum absolute atomic E-state index is 12.4. The van der Waals surface area contributed by atoms with E-state index in [9.17, 15) is 9.59 Å². The van der Waals surface area contributed by atoms with Crippen LogP contribution in [0, 0.1) is 6.92 Å². The number of hydrogen-bond donors (Lipinski definition) is 2. The third-order valence-electron chi connectivity index (χ3n) is 4.47. The number of hydrazone groups is 1. The lowest BCUT2D eigenvalue weighted by molar-refractivity contribution is -0.119. The zero-order chi connectivity index (χ0) is 22.9. The first-order valence-electron chi connectivity index (χ1n) is 9.74. The van der Waals surface area contributed by atoms with Crippen molar-refractivity contribution in [2.45, 2.75) is 6.92 Å². The van der Waals surface area contributed by atoms with Crippen molar-refractivity contribution in [3.63, 3.8) is 0 Å². The summed E-state index contributed by atoms with van der Waals surface area (Å²) in [5.74, 6) is -0.153. The number of nitrogens with zero attached hydrogens (tertiary/aromatic N) is 1. The fourth-order valence-corrected chi connectivity index (χ4v) is 3.24. The summed E-state index contributed by atoms with van der Waals surface area (Å²) in [6.45, 7) is 2.06. The van der Waals surface area contributed by atoms with Crippen LogP contribution in [0.1, 0.15) is 21.5 Å². The van der Waals surface area contributed by atoms with Crippen LogP contribution in [-0.2, 0) is 4.79 Å². The predicted molar refractivity (Wildman–Crippen MR) is 127 cm³/mol. The van der Waals surface area contributed by atoms with Crippen LogP contribution in [0.5, 0.6) is 11.5 Å². The molecule has 0 fully saturated rings. The molecule has 2 N–H and O–H groups in total. The van der Waals surface area contributed by atoms with E-state index in [-0.39, 0.29) is 18.2 Å². The summed E-state index contributed by atoms with van der Waals surface area (Å²) in [6, 6.07) is 19.7. The molecule has 3 aromatic carbocycles. The van der Waals surface area contributed by atoms with E-state index < -0.39 is 5.97 Å². The van der Waals surface area contributed by atoms with E-state index in [1.54, 1.807) is 36.4 Å². The zero-order valence-electron chi connectivity index (χ0n) is 17.6. The van der Waals surface area contributed by atoms with Crippen LogP contribution >= 0.6 is 15.9 Å². The fourth-order valence-electron chi connectivity index (χ4n) is 2.80. The number of esters is 1. The summed E-state index contributed by atoms with van der Waals surface area (Å²) in [6.07, 6.45) is 1.48. The number of nitrogens with one attached hydrogen (secondary N) is 2. The summed E-state index contributed by atoms with van der Waals surface area (Å²) in [5, 5.41) is 7.03. The van der Waals surface area contributed by atoms with Crippen molar-refractivity contribution in [1.29, 1.82) is 0 Å². The van der Waals surface area contributed by atoms with Gasteiger partial charge in [-0.2, -0.15) is 5.10 Å². The molecule has 0 aliphatic heterocycles. The average molecular weight is 496 g/mol. The number of methoxy groups -OCH3 is 1. The summed E-state index contributed by atoms with van der Waals surface area (Å²) >= 11 is 3.34. The van der Waals surface area contributed by atoms with Crippen molar-refractivity contribution in [1.82, 2.24) is 5.43 Å². The Labute approximate surface area is 194 Å². The summed E-state index contributed by atoms with van der Waals surface area (Å²) in [5.41, 5.74) is 5.48. The minimum atomic E-state index is -0.509. The van der Waals surface area contributed by atoms with E-state index >= 15 is 0 Å². The minimum absolute atomic E-state index is 0.0927. The van der Waals surface area contributed by atoms with E-state index in [1.807, 2.05) is 37.3 Å². The molecule has 1 amide bonds. The number of rotatable bonds is 8. The quantitative estimate of drug-likeness (QED) is 0.207. The van der Waals surface area contributed by atoms with Crippen molar-refractivity contribution in [3.05, 3.63) is 87.9 Å². The lowest BCUT2D eigenvalue weighted by Gasteiger charge is -2.10. The van der Waals surface area contributed by atoms with Crippen LogP contribution in [0.25, 0.3) is 0 Å². The van der Waals surface area contributed by atoms with Gasteiger partial charge in [-0.05, 0) is 70.4 Å². The first-order valence-corrected chi connectivity index (χ1v) is 10.5. The SMILES string of the molecule is COc1cc(C=NNC(=O)CNc2ccccc2C)ccc1OC(=O)c1ccccc1Br. The maximum atomic E-state index is 12.4. The number of benzene rings is 3. The Morgan fingerprint density at radius 3 is 2.53 bits per heavy atom. The smallest absolute Gasteiger partial charge is 0.344 e. The number of halogens is 1. The molecule has 0 saturated heterocycles. The Morgan fingerprint density at radius 2 is 1.78 bits per heavy atom. The van der Waals surface area contributed by atoms with E-state index in [2.05, 4.69) is 31.8 Å². The number of ether oxygens (including phenoxy) is 2. The number of anilines is 1. The van der Waals surface area contributed by atoms with Gasteiger partial charge >= 0.3 is 5.97 Å². The normalized spacial score (nSPS) is 10.6. The number of carbonyl (C=O) groups is 2. The Bertz CT molecular complexity index is 1150. The predicted octanol–water partition coefficient (Wildman–Crippen LogP) is 4.55. The first-order chi connectivity index (χ1) is 15.5. The van der Waals surface area contributed by atoms with Crippen LogP contribution in [-0.4, -0.2) is 31.7 Å². The summed E-state index contributed by atoms with van der Waals surface area (Å²) < 4.78 is 11.4. The zero-order valence-corrected chi connectivity index (χ0v) is 19.2. The molecule has 0 aliphatic carbocycles. The average Bonchev–Trinajstić information content (AvgIpc) is 2.79. The van der Waals surface area contributed by atoms with Crippen LogP contribution in [0.15, 0.2) is 76.3 Å². The first kappa shape index (κ1) is 23.0. The molecule has 0 unspecified atom stereocenters. The highest BCUT2D eigenvalue weighted by Crippen LogP contribution is 2.29. The van der Waals surface area contributed by atoms with Crippen molar-refractivity contribution in [3.8, 4) is 11.5 Å². The number of amides is 1. The molecular formula is C24H22BrN3O4. The number of carbonyl (C=O) groups excluding carboxylic acids is 2. The molecule has 8 heteroatoms. The van der Waals surface area contributed by atoms with Crippen LogP contribution in [0.3, 0.4) is 0 Å². The molecule has 32 heavy (non-hydrogen) atoms. The number of aryl methyl sites for hydroxylation is 1. The third-order valence-corrected chi connectivity index (χ3v) is 5.16. The van der Waals surface area contributed by atoms with Gasteiger partial charge in [0, 0.05) is 10.2 Å². The number of hydrogen-bond acceptors (Lipinski definition) is 6.